The van der Waals surface area contributed by atoms with Crippen molar-refractivity contribution >= 4 is 22.8 Å². The number of para-hydroxylation sites is 1. The highest BCUT2D eigenvalue weighted by Gasteiger charge is 2.21. The van der Waals surface area contributed by atoms with E-state index in [1.807, 2.05) is 0 Å². The Morgan fingerprint density at radius 2 is 2.18 bits per heavy atom. The van der Waals surface area contributed by atoms with Crippen molar-refractivity contribution in [2.75, 3.05) is 6.61 Å². The lowest BCUT2D eigenvalue weighted by Gasteiger charge is -2.01. The van der Waals surface area contributed by atoms with Crippen molar-refractivity contribution in [3.8, 4) is 0 Å². The first-order valence-electron chi connectivity index (χ1n) is 5.30. The quantitative estimate of drug-likeness (QED) is 0.496. The van der Waals surface area contributed by atoms with Crippen molar-refractivity contribution in [3.63, 3.8) is 0 Å². The van der Waals surface area contributed by atoms with E-state index in [9.17, 15) is 9.59 Å². The average Bonchev–Trinajstić information content (AvgIpc) is 2.68. The molecule has 0 saturated heterocycles. The minimum atomic E-state index is -0.847. The van der Waals surface area contributed by atoms with Crippen LogP contribution in [0.25, 0.3) is 11.0 Å². The summed E-state index contributed by atoms with van der Waals surface area (Å²) in [4.78, 5) is 30.4. The molecule has 0 amide bonds. The number of carbonyl (C=O) groups excluding carboxylic acids is 2. The SMILES string of the molecule is CCOC(=O)C(=O)c1cccc2[nH]c(C)nc12. The molecular weight excluding hydrogens is 220 g/mol. The monoisotopic (exact) mass is 232 g/mol. The first kappa shape index (κ1) is 11.3. The van der Waals surface area contributed by atoms with Crippen molar-refractivity contribution in [1.29, 1.82) is 0 Å². The molecule has 1 aromatic carbocycles. The number of rotatable bonds is 3. The van der Waals surface area contributed by atoms with Gasteiger partial charge in [-0.1, -0.05) is 6.07 Å². The number of H-pyrrole nitrogens is 1. The van der Waals surface area contributed by atoms with Gasteiger partial charge in [-0.3, -0.25) is 4.79 Å². The zero-order chi connectivity index (χ0) is 12.4. The minimum Gasteiger partial charge on any atom is -0.460 e. The van der Waals surface area contributed by atoms with Gasteiger partial charge < -0.3 is 9.72 Å². The number of hydrogen-bond acceptors (Lipinski definition) is 4. The van der Waals surface area contributed by atoms with E-state index in [0.29, 0.717) is 11.3 Å². The van der Waals surface area contributed by atoms with Crippen LogP contribution in [0.2, 0.25) is 0 Å². The molecule has 0 atom stereocenters. The third kappa shape index (κ3) is 2.04. The van der Waals surface area contributed by atoms with E-state index < -0.39 is 11.8 Å². The zero-order valence-corrected chi connectivity index (χ0v) is 9.61. The van der Waals surface area contributed by atoms with Gasteiger partial charge in [0.05, 0.1) is 23.2 Å². The number of ether oxygens (including phenoxy) is 1. The summed E-state index contributed by atoms with van der Waals surface area (Å²) in [5.74, 6) is -0.811. The van der Waals surface area contributed by atoms with Gasteiger partial charge in [0.1, 0.15) is 5.82 Å². The predicted octanol–water partition coefficient (Wildman–Crippen LogP) is 1.62. The Morgan fingerprint density at radius 1 is 1.41 bits per heavy atom. The molecule has 0 aliphatic heterocycles. The van der Waals surface area contributed by atoms with Crippen molar-refractivity contribution in [3.05, 3.63) is 29.6 Å². The van der Waals surface area contributed by atoms with Gasteiger partial charge in [-0.05, 0) is 26.0 Å². The normalized spacial score (nSPS) is 10.5. The predicted molar refractivity (Wildman–Crippen MR) is 61.8 cm³/mol. The third-order valence-corrected chi connectivity index (χ3v) is 2.34. The van der Waals surface area contributed by atoms with E-state index in [1.165, 1.54) is 0 Å². The lowest BCUT2D eigenvalue weighted by Crippen LogP contribution is -2.17. The molecule has 0 bridgehead atoms. The standard InChI is InChI=1S/C12H12N2O3/c1-3-17-12(16)11(15)8-5-4-6-9-10(8)14-7(2)13-9/h4-6H,3H2,1-2H3,(H,13,14). The number of nitrogens with zero attached hydrogens (tertiary/aromatic N) is 1. The van der Waals surface area contributed by atoms with Crippen LogP contribution in [0.4, 0.5) is 0 Å². The summed E-state index contributed by atoms with van der Waals surface area (Å²) < 4.78 is 4.69. The van der Waals surface area contributed by atoms with Crippen LogP contribution in [0.3, 0.4) is 0 Å². The van der Waals surface area contributed by atoms with Crippen LogP contribution in [-0.2, 0) is 9.53 Å². The zero-order valence-electron chi connectivity index (χ0n) is 9.61. The molecule has 2 rings (SSSR count). The number of fused-ring (bicyclic) bond motifs is 1. The molecule has 0 aliphatic rings. The van der Waals surface area contributed by atoms with Crippen LogP contribution in [0.1, 0.15) is 23.1 Å². The summed E-state index contributed by atoms with van der Waals surface area (Å²) >= 11 is 0. The molecule has 0 spiro atoms. The first-order valence-corrected chi connectivity index (χ1v) is 5.30. The fourth-order valence-corrected chi connectivity index (χ4v) is 1.65. The van der Waals surface area contributed by atoms with Gasteiger partial charge in [-0.2, -0.15) is 0 Å². The maximum Gasteiger partial charge on any atom is 0.379 e. The summed E-state index contributed by atoms with van der Waals surface area (Å²) in [5, 5.41) is 0. The first-order chi connectivity index (χ1) is 8.13. The number of imidazole rings is 1. The highest BCUT2D eigenvalue weighted by molar-refractivity contribution is 6.42. The van der Waals surface area contributed by atoms with Gasteiger partial charge in [0.25, 0.3) is 5.78 Å². The summed E-state index contributed by atoms with van der Waals surface area (Å²) in [7, 11) is 0. The van der Waals surface area contributed by atoms with Crippen LogP contribution < -0.4 is 0 Å². The summed E-state index contributed by atoms with van der Waals surface area (Å²) in [5.41, 5.74) is 1.51. The summed E-state index contributed by atoms with van der Waals surface area (Å²) in [6, 6.07) is 5.07. The molecule has 5 nitrogen and oxygen atoms in total. The second-order valence-electron chi connectivity index (χ2n) is 3.57. The molecule has 1 aromatic heterocycles. The van der Waals surface area contributed by atoms with Crippen LogP contribution in [0, 0.1) is 6.92 Å². The number of nitrogens with one attached hydrogen (secondary N) is 1. The van der Waals surface area contributed by atoms with Crippen LogP contribution in [-0.4, -0.2) is 28.3 Å². The molecule has 1 N–H and O–H groups in total. The molecule has 5 heteroatoms. The van der Waals surface area contributed by atoms with Crippen molar-refractivity contribution < 1.29 is 14.3 Å². The second kappa shape index (κ2) is 4.37. The smallest absolute Gasteiger partial charge is 0.379 e. The number of hydrogen-bond donors (Lipinski definition) is 1. The van der Waals surface area contributed by atoms with E-state index >= 15 is 0 Å². The Labute approximate surface area is 97.8 Å². The molecule has 0 radical (unpaired) electrons. The Hall–Kier alpha value is -2.17. The Bertz CT molecular complexity index is 586. The number of aryl methyl sites for hydroxylation is 1. The Morgan fingerprint density at radius 3 is 2.88 bits per heavy atom. The second-order valence-corrected chi connectivity index (χ2v) is 3.57. The van der Waals surface area contributed by atoms with E-state index in [4.69, 9.17) is 0 Å². The lowest BCUT2D eigenvalue weighted by molar-refractivity contribution is -0.137. The minimum absolute atomic E-state index is 0.181. The van der Waals surface area contributed by atoms with Crippen molar-refractivity contribution in [1.82, 2.24) is 9.97 Å². The molecule has 0 fully saturated rings. The molecule has 17 heavy (non-hydrogen) atoms. The third-order valence-electron chi connectivity index (χ3n) is 2.34. The van der Waals surface area contributed by atoms with Crippen molar-refractivity contribution in [2.45, 2.75) is 13.8 Å². The number of esters is 1. The summed E-state index contributed by atoms with van der Waals surface area (Å²) in [6.45, 7) is 3.63. The van der Waals surface area contributed by atoms with Gasteiger partial charge in [-0.15, -0.1) is 0 Å². The van der Waals surface area contributed by atoms with E-state index in [1.54, 1.807) is 32.0 Å². The highest BCUT2D eigenvalue weighted by atomic mass is 16.5. The number of ketones is 1. The van der Waals surface area contributed by atoms with Gasteiger partial charge >= 0.3 is 5.97 Å². The van der Waals surface area contributed by atoms with Crippen LogP contribution in [0.15, 0.2) is 18.2 Å². The van der Waals surface area contributed by atoms with E-state index in [2.05, 4.69) is 14.7 Å². The summed E-state index contributed by atoms with van der Waals surface area (Å²) in [6.07, 6.45) is 0. The fourth-order valence-electron chi connectivity index (χ4n) is 1.65. The van der Waals surface area contributed by atoms with Gasteiger partial charge in [0, 0.05) is 0 Å². The average molecular weight is 232 g/mol. The molecule has 0 aliphatic carbocycles. The maximum absolute atomic E-state index is 11.8. The molecule has 88 valence electrons. The fraction of sp³-hybridized carbons (Fsp3) is 0.250. The lowest BCUT2D eigenvalue weighted by atomic mass is 10.1. The Balaban J connectivity index is 2.48. The van der Waals surface area contributed by atoms with Gasteiger partial charge in [-0.25, -0.2) is 9.78 Å². The van der Waals surface area contributed by atoms with Gasteiger partial charge in [0.2, 0.25) is 0 Å². The van der Waals surface area contributed by atoms with E-state index in [0.717, 1.165) is 5.52 Å². The maximum atomic E-state index is 11.8. The number of aromatic amines is 1. The Kier molecular flexibility index (Phi) is 2.91. The number of Topliss-reactive ketones (excluding diaryl/α,β-unsaturated/α-hetero) is 1. The number of carbonyl (C=O) groups is 2. The molecule has 1 heterocycles. The molecule has 0 unspecified atom stereocenters. The largest absolute Gasteiger partial charge is 0.460 e. The number of aromatic nitrogens is 2. The molecule has 0 saturated carbocycles. The van der Waals surface area contributed by atoms with Crippen LogP contribution in [0.5, 0.6) is 0 Å². The molecular formula is C12H12N2O3. The van der Waals surface area contributed by atoms with Crippen LogP contribution >= 0.6 is 0 Å². The number of benzene rings is 1. The van der Waals surface area contributed by atoms with Gasteiger partial charge in [0.15, 0.2) is 0 Å². The molecule has 2 aromatic rings. The van der Waals surface area contributed by atoms with E-state index in [-0.39, 0.29) is 12.2 Å². The highest BCUT2D eigenvalue weighted by Crippen LogP contribution is 2.17. The van der Waals surface area contributed by atoms with Crippen molar-refractivity contribution in [2.24, 2.45) is 0 Å². The topological polar surface area (TPSA) is 72.1 Å².